The van der Waals surface area contributed by atoms with Gasteiger partial charge in [0.1, 0.15) is 0 Å². The van der Waals surface area contributed by atoms with Gasteiger partial charge in [-0.1, -0.05) is 55.0 Å². The number of rotatable bonds is 5. The Kier molecular flexibility index (Phi) is 6.99. The Morgan fingerprint density at radius 1 is 1.15 bits per heavy atom. The molecule has 72 valence electrons. The van der Waals surface area contributed by atoms with E-state index >= 15 is 0 Å². The molecule has 0 aliphatic carbocycles. The third-order valence-electron chi connectivity index (χ3n) is 1.59. The molecule has 0 bridgehead atoms. The summed E-state index contributed by atoms with van der Waals surface area (Å²) >= 11 is 0. The van der Waals surface area contributed by atoms with Gasteiger partial charge in [-0.05, 0) is 26.7 Å². The average Bonchev–Trinajstić information content (AvgIpc) is 2.08. The molecule has 0 unspecified atom stereocenters. The Balaban J connectivity index is 3.84. The minimum absolute atomic E-state index is 0.993. The third kappa shape index (κ3) is 8.87. The molecule has 0 nitrogen and oxygen atoms in total. The van der Waals surface area contributed by atoms with E-state index in [2.05, 4.69) is 44.7 Å². The van der Waals surface area contributed by atoms with Crippen molar-refractivity contribution in [3.05, 3.63) is 48.1 Å². The standard InChI is InChI=1S/C13H20/c1-5-6-10-13(4)11-8-7-9-12(2)3/h6-7,9-11H,2,5,8H2,1,3-4H3. The summed E-state index contributed by atoms with van der Waals surface area (Å²) in [5.41, 5.74) is 2.43. The highest BCUT2D eigenvalue weighted by atomic mass is 13.9. The summed E-state index contributed by atoms with van der Waals surface area (Å²) in [4.78, 5) is 0. The predicted molar refractivity (Wildman–Crippen MR) is 61.8 cm³/mol. The Labute approximate surface area is 82.4 Å². The molecule has 0 fully saturated rings. The minimum atomic E-state index is 0.993. The third-order valence-corrected chi connectivity index (χ3v) is 1.59. The molecular weight excluding hydrogens is 156 g/mol. The summed E-state index contributed by atoms with van der Waals surface area (Å²) in [6.07, 6.45) is 12.8. The molecule has 0 aliphatic heterocycles. The second-order valence-corrected chi connectivity index (χ2v) is 3.24. The number of hydrogen-bond acceptors (Lipinski definition) is 0. The summed E-state index contributed by atoms with van der Waals surface area (Å²) in [7, 11) is 0. The van der Waals surface area contributed by atoms with Crippen LogP contribution in [-0.4, -0.2) is 0 Å². The first kappa shape index (κ1) is 12.0. The van der Waals surface area contributed by atoms with Crippen LogP contribution in [0, 0.1) is 0 Å². The monoisotopic (exact) mass is 176 g/mol. The van der Waals surface area contributed by atoms with Gasteiger partial charge in [-0.25, -0.2) is 0 Å². The lowest BCUT2D eigenvalue weighted by atomic mass is 10.2. The van der Waals surface area contributed by atoms with Crippen LogP contribution in [-0.2, 0) is 0 Å². The Bertz CT molecular complexity index is 226. The molecule has 0 aromatic heterocycles. The maximum Gasteiger partial charge on any atom is -0.0160 e. The molecule has 0 heteroatoms. The van der Waals surface area contributed by atoms with Crippen molar-refractivity contribution in [2.75, 3.05) is 0 Å². The molecule has 0 aromatic carbocycles. The molecule has 0 heterocycles. The quantitative estimate of drug-likeness (QED) is 0.544. The Morgan fingerprint density at radius 2 is 1.85 bits per heavy atom. The van der Waals surface area contributed by atoms with Crippen LogP contribution >= 0.6 is 0 Å². The fourth-order valence-electron chi connectivity index (χ4n) is 0.895. The van der Waals surface area contributed by atoms with Crippen LogP contribution in [0.15, 0.2) is 48.1 Å². The van der Waals surface area contributed by atoms with Crippen molar-refractivity contribution >= 4 is 0 Å². The van der Waals surface area contributed by atoms with E-state index in [1.54, 1.807) is 0 Å². The number of allylic oxidation sites excluding steroid dienone is 7. The van der Waals surface area contributed by atoms with Crippen molar-refractivity contribution in [1.82, 2.24) is 0 Å². The molecule has 0 amide bonds. The SMILES string of the molecule is C=C(C)C=CCC=C(C)C=CCC. The smallest absolute Gasteiger partial charge is 0.0160 e. The highest BCUT2D eigenvalue weighted by molar-refractivity contribution is 5.18. The first-order valence-corrected chi connectivity index (χ1v) is 4.82. The molecule has 13 heavy (non-hydrogen) atoms. The van der Waals surface area contributed by atoms with Gasteiger partial charge in [-0.3, -0.25) is 0 Å². The van der Waals surface area contributed by atoms with Crippen molar-refractivity contribution in [2.45, 2.75) is 33.6 Å². The van der Waals surface area contributed by atoms with E-state index in [9.17, 15) is 0 Å². The molecule has 0 radical (unpaired) electrons. The van der Waals surface area contributed by atoms with Crippen LogP contribution in [0.5, 0.6) is 0 Å². The first-order chi connectivity index (χ1) is 6.16. The van der Waals surface area contributed by atoms with E-state index in [-0.39, 0.29) is 0 Å². The van der Waals surface area contributed by atoms with E-state index in [4.69, 9.17) is 0 Å². The molecule has 0 saturated carbocycles. The molecule has 0 aromatic rings. The summed E-state index contributed by atoms with van der Waals surface area (Å²) in [6, 6.07) is 0. The van der Waals surface area contributed by atoms with Gasteiger partial charge in [0, 0.05) is 0 Å². The highest BCUT2D eigenvalue weighted by Gasteiger charge is 1.79. The van der Waals surface area contributed by atoms with Crippen molar-refractivity contribution in [2.24, 2.45) is 0 Å². The lowest BCUT2D eigenvalue weighted by Gasteiger charge is -1.90. The van der Waals surface area contributed by atoms with Crippen molar-refractivity contribution in [3.8, 4) is 0 Å². The summed E-state index contributed by atoms with van der Waals surface area (Å²) in [5, 5.41) is 0. The van der Waals surface area contributed by atoms with Crippen molar-refractivity contribution < 1.29 is 0 Å². The van der Waals surface area contributed by atoms with Crippen LogP contribution in [0.1, 0.15) is 33.6 Å². The largest absolute Gasteiger partial charge is 0.0961 e. The van der Waals surface area contributed by atoms with Crippen LogP contribution in [0.25, 0.3) is 0 Å². The Hall–Kier alpha value is -1.04. The fourth-order valence-corrected chi connectivity index (χ4v) is 0.895. The topological polar surface area (TPSA) is 0 Å². The molecule has 0 atom stereocenters. The van der Waals surface area contributed by atoms with Crippen LogP contribution in [0.2, 0.25) is 0 Å². The molecule has 0 spiro atoms. The Morgan fingerprint density at radius 3 is 2.38 bits per heavy atom. The number of hydrogen-bond donors (Lipinski definition) is 0. The van der Waals surface area contributed by atoms with Crippen LogP contribution in [0.3, 0.4) is 0 Å². The van der Waals surface area contributed by atoms with Gasteiger partial charge in [0.25, 0.3) is 0 Å². The summed E-state index contributed by atoms with van der Waals surface area (Å²) < 4.78 is 0. The fraction of sp³-hybridized carbons (Fsp3) is 0.385. The normalized spacial score (nSPS) is 13.0. The second-order valence-electron chi connectivity index (χ2n) is 3.24. The maximum absolute atomic E-state index is 3.80. The maximum atomic E-state index is 3.80. The second kappa shape index (κ2) is 7.60. The van der Waals surface area contributed by atoms with Crippen LogP contribution in [0.4, 0.5) is 0 Å². The van der Waals surface area contributed by atoms with Crippen molar-refractivity contribution in [1.29, 1.82) is 0 Å². The van der Waals surface area contributed by atoms with E-state index < -0.39 is 0 Å². The van der Waals surface area contributed by atoms with Crippen molar-refractivity contribution in [3.63, 3.8) is 0 Å². The minimum Gasteiger partial charge on any atom is -0.0961 e. The van der Waals surface area contributed by atoms with Gasteiger partial charge in [-0.15, -0.1) is 0 Å². The summed E-state index contributed by atoms with van der Waals surface area (Å²) in [6.45, 7) is 10.1. The lowest BCUT2D eigenvalue weighted by molar-refractivity contribution is 1.21. The van der Waals surface area contributed by atoms with Gasteiger partial charge in [0.15, 0.2) is 0 Å². The van der Waals surface area contributed by atoms with E-state index in [0.717, 1.165) is 18.4 Å². The molecule has 0 saturated heterocycles. The zero-order chi connectivity index (χ0) is 10.1. The summed E-state index contributed by atoms with van der Waals surface area (Å²) in [5.74, 6) is 0. The zero-order valence-electron chi connectivity index (χ0n) is 9.01. The van der Waals surface area contributed by atoms with Crippen LogP contribution < -0.4 is 0 Å². The lowest BCUT2D eigenvalue weighted by Crippen LogP contribution is -1.69. The zero-order valence-corrected chi connectivity index (χ0v) is 9.01. The van der Waals surface area contributed by atoms with E-state index in [1.807, 2.05) is 13.0 Å². The first-order valence-electron chi connectivity index (χ1n) is 4.82. The molecule has 0 aliphatic rings. The molecule has 0 N–H and O–H groups in total. The predicted octanol–water partition coefficient (Wildman–Crippen LogP) is 4.42. The average molecular weight is 176 g/mol. The van der Waals surface area contributed by atoms with E-state index in [0.29, 0.717) is 0 Å². The highest BCUT2D eigenvalue weighted by Crippen LogP contribution is 2.00. The van der Waals surface area contributed by atoms with Gasteiger partial charge in [0.2, 0.25) is 0 Å². The molecular formula is C13H20. The van der Waals surface area contributed by atoms with E-state index in [1.165, 1.54) is 5.57 Å². The van der Waals surface area contributed by atoms with Gasteiger partial charge < -0.3 is 0 Å². The van der Waals surface area contributed by atoms with Gasteiger partial charge in [-0.2, -0.15) is 0 Å². The molecule has 0 rings (SSSR count). The van der Waals surface area contributed by atoms with Gasteiger partial charge >= 0.3 is 0 Å². The van der Waals surface area contributed by atoms with Gasteiger partial charge in [0.05, 0.1) is 0 Å².